The summed E-state index contributed by atoms with van der Waals surface area (Å²) in [5.41, 5.74) is 3.36. The van der Waals surface area contributed by atoms with Crippen molar-refractivity contribution in [2.45, 2.75) is 26.7 Å². The van der Waals surface area contributed by atoms with Crippen LogP contribution >= 0.6 is 22.9 Å². The molecule has 9 nitrogen and oxygen atoms in total. The number of amides is 1. The first-order valence-electron chi connectivity index (χ1n) is 9.38. The minimum Gasteiger partial charge on any atom is -0.369 e. The summed E-state index contributed by atoms with van der Waals surface area (Å²) in [6, 6.07) is 7.22. The highest BCUT2D eigenvalue weighted by Crippen LogP contribution is 2.26. The number of ketones is 1. The molecule has 31 heavy (non-hydrogen) atoms. The Bertz CT molecular complexity index is 1080. The molecule has 3 aromatic rings. The number of hydrogen-bond donors (Lipinski definition) is 4. The first-order valence-corrected chi connectivity index (χ1v) is 10.6. The van der Waals surface area contributed by atoms with E-state index in [1.807, 2.05) is 19.1 Å². The predicted octanol–water partition coefficient (Wildman–Crippen LogP) is 3.68. The van der Waals surface area contributed by atoms with Crippen LogP contribution in [0.4, 0.5) is 16.8 Å². The third-order valence-electron chi connectivity index (χ3n) is 4.33. The third-order valence-corrected chi connectivity index (χ3v) is 5.63. The lowest BCUT2D eigenvalue weighted by molar-refractivity contribution is -0.128. The summed E-state index contributed by atoms with van der Waals surface area (Å²) in [5, 5.41) is 15.7. The van der Waals surface area contributed by atoms with Crippen LogP contribution in [0.3, 0.4) is 0 Å². The van der Waals surface area contributed by atoms with Gasteiger partial charge in [0.25, 0.3) is 0 Å². The van der Waals surface area contributed by atoms with Crippen molar-refractivity contribution < 1.29 is 14.8 Å². The Labute approximate surface area is 187 Å². The zero-order chi connectivity index (χ0) is 22.4. The number of hydrogen-bond acceptors (Lipinski definition) is 9. The number of carbonyl (C=O) groups excluding carboxylic acids is 2. The van der Waals surface area contributed by atoms with Crippen molar-refractivity contribution in [3.63, 3.8) is 0 Å². The van der Waals surface area contributed by atoms with Gasteiger partial charge in [-0.15, -0.1) is 0 Å². The third kappa shape index (κ3) is 6.20. The van der Waals surface area contributed by atoms with Crippen molar-refractivity contribution in [3.05, 3.63) is 57.3 Å². The number of aryl methyl sites for hydroxylation is 2. The molecule has 0 fully saturated rings. The van der Waals surface area contributed by atoms with Crippen LogP contribution < -0.4 is 16.1 Å². The zero-order valence-electron chi connectivity index (χ0n) is 16.9. The van der Waals surface area contributed by atoms with E-state index in [4.69, 9.17) is 16.8 Å². The van der Waals surface area contributed by atoms with Gasteiger partial charge in [-0.25, -0.2) is 20.4 Å². The van der Waals surface area contributed by atoms with Crippen molar-refractivity contribution >= 4 is 51.4 Å². The standard InChI is InChI=1S/C20H21ClN6O3S/c1-11-4-3-5-14(21)13(11)8-15(28)16-10-23-20(31-16)26-18-9-17(24-12(2)25-18)22-7-6-19(29)27-30/h3-5,9-10,30H,6-8H2,1-2H3,(H,27,29)(H2,22,23,24,25,26). The highest BCUT2D eigenvalue weighted by Gasteiger charge is 2.15. The summed E-state index contributed by atoms with van der Waals surface area (Å²) >= 11 is 7.46. The Morgan fingerprint density at radius 1 is 1.19 bits per heavy atom. The fraction of sp³-hybridized carbons (Fsp3) is 0.250. The number of nitrogens with zero attached hydrogens (tertiary/aromatic N) is 3. The Hall–Kier alpha value is -3.08. The molecule has 2 aromatic heterocycles. The fourth-order valence-corrected chi connectivity index (χ4v) is 3.84. The van der Waals surface area contributed by atoms with E-state index in [9.17, 15) is 9.59 Å². The highest BCUT2D eigenvalue weighted by atomic mass is 35.5. The second kappa shape index (κ2) is 10.3. The van der Waals surface area contributed by atoms with E-state index in [1.165, 1.54) is 17.5 Å². The van der Waals surface area contributed by atoms with Gasteiger partial charge < -0.3 is 10.6 Å². The normalized spacial score (nSPS) is 10.6. The van der Waals surface area contributed by atoms with Gasteiger partial charge in [0.1, 0.15) is 17.5 Å². The van der Waals surface area contributed by atoms with Gasteiger partial charge in [0.15, 0.2) is 10.9 Å². The number of Topliss-reactive ketones (excluding diaryl/α,β-unsaturated/α-hetero) is 1. The van der Waals surface area contributed by atoms with E-state index in [0.717, 1.165) is 11.1 Å². The van der Waals surface area contributed by atoms with Crippen LogP contribution in [0.5, 0.6) is 0 Å². The van der Waals surface area contributed by atoms with Crippen LogP contribution in [0.25, 0.3) is 0 Å². The predicted molar refractivity (Wildman–Crippen MR) is 119 cm³/mol. The second-order valence-corrected chi connectivity index (χ2v) is 8.13. The topological polar surface area (TPSA) is 129 Å². The molecule has 0 aliphatic rings. The molecule has 11 heteroatoms. The molecular weight excluding hydrogens is 440 g/mol. The largest absolute Gasteiger partial charge is 0.369 e. The van der Waals surface area contributed by atoms with Crippen molar-refractivity contribution in [1.82, 2.24) is 20.4 Å². The summed E-state index contributed by atoms with van der Waals surface area (Å²) in [4.78, 5) is 37.1. The summed E-state index contributed by atoms with van der Waals surface area (Å²) in [5.74, 6) is 0.967. The van der Waals surface area contributed by atoms with Gasteiger partial charge in [-0.05, 0) is 31.0 Å². The molecule has 0 unspecified atom stereocenters. The van der Waals surface area contributed by atoms with Gasteiger partial charge in [-0.3, -0.25) is 14.8 Å². The van der Waals surface area contributed by atoms with Gasteiger partial charge in [0.2, 0.25) is 5.91 Å². The Kier molecular flexibility index (Phi) is 7.50. The molecule has 4 N–H and O–H groups in total. The molecule has 0 saturated heterocycles. The molecule has 2 heterocycles. The molecule has 0 saturated carbocycles. The monoisotopic (exact) mass is 460 g/mol. The molecule has 3 rings (SSSR count). The number of nitrogens with one attached hydrogen (secondary N) is 3. The summed E-state index contributed by atoms with van der Waals surface area (Å²) in [7, 11) is 0. The fourth-order valence-electron chi connectivity index (χ4n) is 2.79. The molecule has 1 aromatic carbocycles. The van der Waals surface area contributed by atoms with Gasteiger partial charge in [-0.1, -0.05) is 35.1 Å². The molecule has 0 atom stereocenters. The average molecular weight is 461 g/mol. The number of halogens is 1. The van der Waals surface area contributed by atoms with Crippen molar-refractivity contribution in [3.8, 4) is 0 Å². The molecule has 0 bridgehead atoms. The van der Waals surface area contributed by atoms with Crippen LogP contribution in [0.1, 0.15) is 33.0 Å². The van der Waals surface area contributed by atoms with Gasteiger partial charge in [0.05, 0.1) is 11.1 Å². The number of hydroxylamine groups is 1. The van der Waals surface area contributed by atoms with Crippen molar-refractivity contribution in [1.29, 1.82) is 0 Å². The Morgan fingerprint density at radius 2 is 1.97 bits per heavy atom. The number of rotatable bonds is 9. The van der Waals surface area contributed by atoms with E-state index < -0.39 is 5.91 Å². The summed E-state index contributed by atoms with van der Waals surface area (Å²) in [6.07, 6.45) is 1.82. The maximum atomic E-state index is 12.7. The van der Waals surface area contributed by atoms with Crippen molar-refractivity contribution in [2.75, 3.05) is 17.2 Å². The van der Waals surface area contributed by atoms with E-state index in [0.29, 0.717) is 39.0 Å². The maximum absolute atomic E-state index is 12.7. The minimum atomic E-state index is -0.497. The number of aromatic nitrogens is 3. The molecular formula is C20H21ClN6O3S. The summed E-state index contributed by atoms with van der Waals surface area (Å²) in [6.45, 7) is 3.95. The van der Waals surface area contributed by atoms with Crippen molar-refractivity contribution in [2.24, 2.45) is 0 Å². The molecule has 0 aliphatic heterocycles. The smallest absolute Gasteiger partial charge is 0.245 e. The number of anilines is 3. The average Bonchev–Trinajstić information content (AvgIpc) is 3.18. The molecule has 162 valence electrons. The van der Waals surface area contributed by atoms with E-state index in [1.54, 1.807) is 24.5 Å². The molecule has 1 amide bonds. The number of carbonyl (C=O) groups is 2. The Balaban J connectivity index is 1.66. The lowest BCUT2D eigenvalue weighted by Gasteiger charge is -2.08. The van der Waals surface area contributed by atoms with Crippen LogP contribution in [-0.4, -0.2) is 38.4 Å². The minimum absolute atomic E-state index is 0.0647. The van der Waals surface area contributed by atoms with Crippen LogP contribution in [-0.2, 0) is 11.2 Å². The Morgan fingerprint density at radius 3 is 2.71 bits per heavy atom. The first-order chi connectivity index (χ1) is 14.9. The molecule has 0 radical (unpaired) electrons. The summed E-state index contributed by atoms with van der Waals surface area (Å²) < 4.78 is 0. The quantitative estimate of drug-likeness (QED) is 0.216. The molecule has 0 spiro atoms. The SMILES string of the molecule is Cc1nc(NCCC(=O)NO)cc(Nc2ncc(C(=O)Cc3c(C)cccc3Cl)s2)n1. The lowest BCUT2D eigenvalue weighted by atomic mass is 10.0. The van der Waals surface area contributed by atoms with Crippen LogP contribution in [0.2, 0.25) is 5.02 Å². The number of thiazole rings is 1. The lowest BCUT2D eigenvalue weighted by Crippen LogP contribution is -2.21. The van der Waals surface area contributed by atoms with Gasteiger partial charge in [-0.2, -0.15) is 0 Å². The van der Waals surface area contributed by atoms with E-state index in [2.05, 4.69) is 25.6 Å². The van der Waals surface area contributed by atoms with Gasteiger partial charge in [0, 0.05) is 30.5 Å². The highest BCUT2D eigenvalue weighted by molar-refractivity contribution is 7.17. The second-order valence-electron chi connectivity index (χ2n) is 6.69. The first kappa shape index (κ1) is 22.6. The zero-order valence-corrected chi connectivity index (χ0v) is 18.5. The van der Waals surface area contributed by atoms with E-state index >= 15 is 0 Å². The van der Waals surface area contributed by atoms with Gasteiger partial charge >= 0.3 is 0 Å². The maximum Gasteiger partial charge on any atom is 0.245 e. The van der Waals surface area contributed by atoms with Crippen LogP contribution in [0, 0.1) is 13.8 Å². The van der Waals surface area contributed by atoms with Crippen LogP contribution in [0.15, 0.2) is 30.5 Å². The van der Waals surface area contributed by atoms with E-state index in [-0.39, 0.29) is 18.6 Å². The molecule has 0 aliphatic carbocycles. The number of benzene rings is 1.